The number of hydrogen-bond donors (Lipinski definition) is 6. The predicted octanol–water partition coefficient (Wildman–Crippen LogP) is -2.56. The van der Waals surface area contributed by atoms with E-state index in [1.165, 1.54) is 0 Å². The summed E-state index contributed by atoms with van der Waals surface area (Å²) in [4.78, 5) is 34.5. The molecule has 0 aliphatic carbocycles. The van der Waals surface area contributed by atoms with Crippen LogP contribution in [0.2, 0.25) is 0 Å². The Hall–Kier alpha value is -1.71. The van der Waals surface area contributed by atoms with Gasteiger partial charge in [0.25, 0.3) is 5.91 Å². The van der Waals surface area contributed by atoms with Crippen LogP contribution in [0, 0.1) is 5.92 Å². The van der Waals surface area contributed by atoms with Gasteiger partial charge in [-0.25, -0.2) is 5.48 Å². The van der Waals surface area contributed by atoms with E-state index < -0.39 is 18.0 Å². The van der Waals surface area contributed by atoms with Gasteiger partial charge >= 0.3 is 0 Å². The quantitative estimate of drug-likeness (QED) is 0.235. The number of amides is 3. The fourth-order valence-electron chi connectivity index (χ4n) is 1.99. The van der Waals surface area contributed by atoms with Crippen LogP contribution in [0.25, 0.3) is 0 Å². The molecule has 120 valence electrons. The highest BCUT2D eigenvalue weighted by Gasteiger charge is 2.30. The topological polar surface area (TPSA) is 146 Å². The lowest BCUT2D eigenvalue weighted by molar-refractivity contribution is -0.131. The molecule has 0 bridgehead atoms. The average molecular weight is 301 g/mol. The fourth-order valence-corrected chi connectivity index (χ4v) is 1.99. The second-order valence-corrected chi connectivity index (χ2v) is 5.42. The molecule has 0 aromatic heterocycles. The molecule has 3 amide bonds. The highest BCUT2D eigenvalue weighted by molar-refractivity contribution is 5.87. The van der Waals surface area contributed by atoms with Crippen LogP contribution in [-0.4, -0.2) is 54.1 Å². The van der Waals surface area contributed by atoms with E-state index in [1.807, 2.05) is 13.8 Å². The zero-order valence-corrected chi connectivity index (χ0v) is 12.2. The molecule has 0 unspecified atom stereocenters. The summed E-state index contributed by atoms with van der Waals surface area (Å²) >= 11 is 0. The first-order valence-corrected chi connectivity index (χ1v) is 6.85. The van der Waals surface area contributed by atoms with Crippen molar-refractivity contribution in [1.82, 2.24) is 21.4 Å². The minimum Gasteiger partial charge on any atom is -0.350 e. The Kier molecular flexibility index (Phi) is 6.53. The summed E-state index contributed by atoms with van der Waals surface area (Å²) in [6.07, 6.45) is 0.373. The minimum absolute atomic E-state index is 0.00940. The first-order chi connectivity index (χ1) is 9.85. The maximum absolute atomic E-state index is 11.7. The molecule has 1 aliphatic rings. The highest BCUT2D eigenvalue weighted by Crippen LogP contribution is 2.06. The van der Waals surface area contributed by atoms with Crippen molar-refractivity contribution in [2.75, 3.05) is 13.1 Å². The first-order valence-electron chi connectivity index (χ1n) is 6.85. The van der Waals surface area contributed by atoms with E-state index in [-0.39, 0.29) is 30.3 Å². The molecule has 0 radical (unpaired) electrons. The molecule has 21 heavy (non-hydrogen) atoms. The number of carbonyl (C=O) groups is 3. The van der Waals surface area contributed by atoms with Crippen LogP contribution in [0.5, 0.6) is 0 Å². The van der Waals surface area contributed by atoms with Crippen LogP contribution in [0.1, 0.15) is 20.3 Å². The van der Waals surface area contributed by atoms with Crippen molar-refractivity contribution >= 4 is 17.7 Å². The summed E-state index contributed by atoms with van der Waals surface area (Å²) in [5.74, 6) is -1.27. The number of carbonyl (C=O) groups excluding carboxylic acids is 3. The van der Waals surface area contributed by atoms with E-state index in [0.29, 0.717) is 13.0 Å². The molecular formula is C12H23N5O4. The van der Waals surface area contributed by atoms with E-state index in [9.17, 15) is 14.4 Å². The lowest BCUT2D eigenvalue weighted by atomic mass is 10.1. The second-order valence-electron chi connectivity index (χ2n) is 5.42. The Morgan fingerprint density at radius 1 is 1.38 bits per heavy atom. The molecule has 0 saturated carbocycles. The minimum atomic E-state index is -0.649. The van der Waals surface area contributed by atoms with Gasteiger partial charge in [0.05, 0.1) is 18.6 Å². The van der Waals surface area contributed by atoms with Gasteiger partial charge in [0, 0.05) is 12.6 Å². The molecule has 3 atom stereocenters. The van der Waals surface area contributed by atoms with Crippen LogP contribution in [0.15, 0.2) is 0 Å². The van der Waals surface area contributed by atoms with E-state index in [0.717, 1.165) is 0 Å². The third-order valence-electron chi connectivity index (χ3n) is 3.37. The monoisotopic (exact) mass is 301 g/mol. The lowest BCUT2D eigenvalue weighted by Gasteiger charge is -2.16. The summed E-state index contributed by atoms with van der Waals surface area (Å²) in [6.45, 7) is 3.90. The van der Waals surface area contributed by atoms with Crippen LogP contribution < -0.4 is 27.2 Å². The molecule has 9 nitrogen and oxygen atoms in total. The fraction of sp³-hybridized carbons (Fsp3) is 0.750. The molecule has 1 fully saturated rings. The summed E-state index contributed by atoms with van der Waals surface area (Å²) in [5.41, 5.74) is 7.21. The van der Waals surface area contributed by atoms with Crippen molar-refractivity contribution in [1.29, 1.82) is 0 Å². The lowest BCUT2D eigenvalue weighted by Crippen LogP contribution is -2.48. The van der Waals surface area contributed by atoms with Crippen molar-refractivity contribution in [3.8, 4) is 0 Å². The third kappa shape index (κ3) is 5.29. The third-order valence-corrected chi connectivity index (χ3v) is 3.37. The van der Waals surface area contributed by atoms with Crippen molar-refractivity contribution < 1.29 is 19.6 Å². The van der Waals surface area contributed by atoms with Gasteiger partial charge in [-0.15, -0.1) is 0 Å². The number of hydroxylamine groups is 1. The van der Waals surface area contributed by atoms with Gasteiger partial charge in [-0.3, -0.25) is 19.6 Å². The molecule has 0 aromatic carbocycles. The average Bonchev–Trinajstić information content (AvgIpc) is 2.91. The zero-order valence-electron chi connectivity index (χ0n) is 12.2. The van der Waals surface area contributed by atoms with Gasteiger partial charge in [-0.2, -0.15) is 0 Å². The Balaban J connectivity index is 2.29. The van der Waals surface area contributed by atoms with E-state index in [2.05, 4.69) is 16.0 Å². The second kappa shape index (κ2) is 7.91. The number of nitrogens with two attached hydrogens (primary N) is 1. The molecule has 1 heterocycles. The Labute approximate surface area is 123 Å². The van der Waals surface area contributed by atoms with Crippen molar-refractivity contribution in [3.63, 3.8) is 0 Å². The van der Waals surface area contributed by atoms with Gasteiger partial charge < -0.3 is 21.7 Å². The van der Waals surface area contributed by atoms with Crippen LogP contribution >= 0.6 is 0 Å². The molecule has 0 spiro atoms. The van der Waals surface area contributed by atoms with Gasteiger partial charge in [-0.1, -0.05) is 13.8 Å². The van der Waals surface area contributed by atoms with Crippen molar-refractivity contribution in [2.24, 2.45) is 11.7 Å². The highest BCUT2D eigenvalue weighted by atomic mass is 16.5. The standard InChI is InChI=1S/C12H23N5O4/c1-6(2)10(13)12(20)15-5-9(18)16-7-3-8(14-4-7)11(19)17-21/h6-8,10,14,21H,3-5,13H2,1-2H3,(H,15,20)(H,16,18)(H,17,19)/t7-,8-,10-/m0/s1. The maximum Gasteiger partial charge on any atom is 0.260 e. The molecule has 1 rings (SSSR count). The Bertz CT molecular complexity index is 401. The summed E-state index contributed by atoms with van der Waals surface area (Å²) in [6, 6.07) is -1.41. The molecule has 7 N–H and O–H groups in total. The molecule has 1 aliphatic heterocycles. The maximum atomic E-state index is 11.7. The Morgan fingerprint density at radius 2 is 2.05 bits per heavy atom. The van der Waals surface area contributed by atoms with Gasteiger partial charge in [0.1, 0.15) is 0 Å². The summed E-state index contributed by atoms with van der Waals surface area (Å²) in [5, 5.41) is 16.5. The SMILES string of the molecule is CC(C)[C@H](N)C(=O)NCC(=O)N[C@@H]1CN[C@H](C(=O)NO)C1. The largest absolute Gasteiger partial charge is 0.350 e. The van der Waals surface area contributed by atoms with Crippen LogP contribution in [-0.2, 0) is 14.4 Å². The summed E-state index contributed by atoms with van der Waals surface area (Å²) in [7, 11) is 0. The van der Waals surface area contributed by atoms with Crippen molar-refractivity contribution in [2.45, 2.75) is 38.4 Å². The van der Waals surface area contributed by atoms with E-state index in [4.69, 9.17) is 10.9 Å². The normalized spacial score (nSPS) is 22.7. The predicted molar refractivity (Wildman–Crippen MR) is 74.1 cm³/mol. The van der Waals surface area contributed by atoms with Crippen molar-refractivity contribution in [3.05, 3.63) is 0 Å². The Morgan fingerprint density at radius 3 is 2.62 bits per heavy atom. The molecule has 0 aromatic rings. The zero-order chi connectivity index (χ0) is 16.0. The summed E-state index contributed by atoms with van der Waals surface area (Å²) < 4.78 is 0. The molecule has 9 heteroatoms. The van der Waals surface area contributed by atoms with Gasteiger partial charge in [0.2, 0.25) is 11.8 Å². The first kappa shape index (κ1) is 17.3. The smallest absolute Gasteiger partial charge is 0.260 e. The van der Waals surface area contributed by atoms with Crippen LogP contribution in [0.4, 0.5) is 0 Å². The van der Waals surface area contributed by atoms with E-state index >= 15 is 0 Å². The number of nitrogens with one attached hydrogen (secondary N) is 4. The van der Waals surface area contributed by atoms with Gasteiger partial charge in [-0.05, 0) is 12.3 Å². The number of hydrogen-bond acceptors (Lipinski definition) is 6. The van der Waals surface area contributed by atoms with Gasteiger partial charge in [0.15, 0.2) is 0 Å². The molecular weight excluding hydrogens is 278 g/mol. The number of rotatable bonds is 6. The van der Waals surface area contributed by atoms with E-state index in [1.54, 1.807) is 5.48 Å². The van der Waals surface area contributed by atoms with Crippen LogP contribution in [0.3, 0.4) is 0 Å². The molecule has 1 saturated heterocycles.